The number of rotatable bonds is 3. The Hall–Kier alpha value is -3.22. The van der Waals surface area contributed by atoms with Crippen molar-refractivity contribution in [1.82, 2.24) is 0 Å². The number of imide groups is 1. The Morgan fingerprint density at radius 1 is 0.833 bits per heavy atom. The highest BCUT2D eigenvalue weighted by Crippen LogP contribution is 2.48. The van der Waals surface area contributed by atoms with E-state index in [1.807, 2.05) is 30.3 Å². The molecule has 0 saturated carbocycles. The molecule has 3 atom stereocenters. The minimum absolute atomic E-state index is 0.303. The van der Waals surface area contributed by atoms with Crippen molar-refractivity contribution in [2.24, 2.45) is 5.92 Å². The Bertz CT molecular complexity index is 1120. The van der Waals surface area contributed by atoms with E-state index >= 15 is 0 Å². The SMILES string of the molecule is O=C1[C@H]2[C@@H](ON(c3ccccc3)[C@H]2c2ccc(F)cc2)C(=O)N1c1ccccc1Cl. The topological polar surface area (TPSA) is 49.9 Å². The molecule has 0 unspecified atom stereocenters. The molecule has 0 radical (unpaired) electrons. The molecule has 5 nitrogen and oxygen atoms in total. The van der Waals surface area contributed by atoms with Crippen molar-refractivity contribution in [2.45, 2.75) is 12.1 Å². The van der Waals surface area contributed by atoms with Gasteiger partial charge in [-0.3, -0.25) is 14.4 Å². The molecule has 0 N–H and O–H groups in total. The summed E-state index contributed by atoms with van der Waals surface area (Å²) in [6.45, 7) is 0. The van der Waals surface area contributed by atoms with Crippen LogP contribution in [-0.2, 0) is 14.4 Å². The summed E-state index contributed by atoms with van der Waals surface area (Å²) >= 11 is 6.25. The van der Waals surface area contributed by atoms with Crippen molar-refractivity contribution in [1.29, 1.82) is 0 Å². The maximum atomic E-state index is 13.5. The third kappa shape index (κ3) is 2.88. The van der Waals surface area contributed by atoms with Crippen LogP contribution in [-0.4, -0.2) is 17.9 Å². The predicted molar refractivity (Wildman–Crippen MR) is 110 cm³/mol. The number of carbonyl (C=O) groups excluding carboxylic acids is 2. The highest BCUT2D eigenvalue weighted by molar-refractivity contribution is 6.36. The van der Waals surface area contributed by atoms with Gasteiger partial charge in [-0.05, 0) is 42.0 Å². The predicted octanol–water partition coefficient (Wildman–Crippen LogP) is 4.53. The van der Waals surface area contributed by atoms with E-state index in [0.29, 0.717) is 22.0 Å². The van der Waals surface area contributed by atoms with E-state index in [0.717, 1.165) is 4.90 Å². The summed E-state index contributed by atoms with van der Waals surface area (Å²) in [6, 6.07) is 21.2. The van der Waals surface area contributed by atoms with Crippen LogP contribution in [0, 0.1) is 11.7 Å². The second-order valence-corrected chi connectivity index (χ2v) is 7.58. The van der Waals surface area contributed by atoms with E-state index in [1.165, 1.54) is 12.1 Å². The molecular weight excluding hydrogens is 407 g/mol. The number of carbonyl (C=O) groups is 2. The number of nitrogens with zero attached hydrogens (tertiary/aromatic N) is 2. The van der Waals surface area contributed by atoms with Crippen molar-refractivity contribution in [3.8, 4) is 0 Å². The molecule has 2 aliphatic rings. The van der Waals surface area contributed by atoms with Gasteiger partial charge >= 0.3 is 0 Å². The molecule has 3 aromatic carbocycles. The lowest BCUT2D eigenvalue weighted by Gasteiger charge is -2.28. The lowest BCUT2D eigenvalue weighted by Crippen LogP contribution is -2.37. The summed E-state index contributed by atoms with van der Waals surface area (Å²) in [6.07, 6.45) is -0.996. The minimum Gasteiger partial charge on any atom is -0.273 e. The van der Waals surface area contributed by atoms with Gasteiger partial charge in [0.15, 0.2) is 6.10 Å². The van der Waals surface area contributed by atoms with Gasteiger partial charge in [0.2, 0.25) is 5.91 Å². The summed E-state index contributed by atoms with van der Waals surface area (Å²) in [5, 5.41) is 1.87. The van der Waals surface area contributed by atoms with Gasteiger partial charge in [0, 0.05) is 0 Å². The highest BCUT2D eigenvalue weighted by atomic mass is 35.5. The molecule has 7 heteroatoms. The summed E-state index contributed by atoms with van der Waals surface area (Å²) in [4.78, 5) is 33.8. The fraction of sp³-hybridized carbons (Fsp3) is 0.130. The molecule has 2 amide bonds. The quantitative estimate of drug-likeness (QED) is 0.582. The third-order valence-electron chi connectivity index (χ3n) is 5.43. The molecule has 5 rings (SSSR count). The normalized spacial score (nSPS) is 23.2. The second-order valence-electron chi connectivity index (χ2n) is 7.17. The average Bonchev–Trinajstić information content (AvgIpc) is 3.26. The van der Waals surface area contributed by atoms with Crippen LogP contribution >= 0.6 is 11.6 Å². The summed E-state index contributed by atoms with van der Waals surface area (Å²) in [5.74, 6) is -2.04. The molecular formula is C23H16ClFN2O3. The molecule has 0 aromatic heterocycles. The number of para-hydroxylation sites is 2. The molecule has 2 fully saturated rings. The van der Waals surface area contributed by atoms with Gasteiger partial charge in [-0.2, -0.15) is 0 Å². The van der Waals surface area contributed by atoms with Crippen LogP contribution in [0.5, 0.6) is 0 Å². The summed E-state index contributed by atoms with van der Waals surface area (Å²) in [5.41, 5.74) is 1.71. The van der Waals surface area contributed by atoms with Gasteiger partial charge in [0.25, 0.3) is 5.91 Å². The number of anilines is 2. The molecule has 2 heterocycles. The van der Waals surface area contributed by atoms with E-state index in [4.69, 9.17) is 16.4 Å². The van der Waals surface area contributed by atoms with Crippen molar-refractivity contribution >= 4 is 34.8 Å². The molecule has 3 aromatic rings. The number of halogens is 2. The minimum atomic E-state index is -0.996. The number of amides is 2. The fourth-order valence-corrected chi connectivity index (χ4v) is 4.30. The number of fused-ring (bicyclic) bond motifs is 1. The van der Waals surface area contributed by atoms with Crippen LogP contribution in [0.3, 0.4) is 0 Å². The van der Waals surface area contributed by atoms with Gasteiger partial charge in [-0.25, -0.2) is 14.4 Å². The summed E-state index contributed by atoms with van der Waals surface area (Å²) < 4.78 is 13.5. The molecule has 2 aliphatic heterocycles. The fourth-order valence-electron chi connectivity index (χ4n) is 4.08. The average molecular weight is 423 g/mol. The van der Waals surface area contributed by atoms with Gasteiger partial charge in [0.1, 0.15) is 11.7 Å². The zero-order valence-electron chi connectivity index (χ0n) is 15.6. The number of hydroxylamine groups is 1. The number of hydrogen-bond acceptors (Lipinski definition) is 4. The van der Waals surface area contributed by atoms with Crippen molar-refractivity contribution in [2.75, 3.05) is 9.96 Å². The first-order chi connectivity index (χ1) is 14.6. The van der Waals surface area contributed by atoms with Crippen molar-refractivity contribution in [3.05, 3.63) is 95.3 Å². The molecule has 0 bridgehead atoms. The largest absolute Gasteiger partial charge is 0.273 e. The Balaban J connectivity index is 1.60. The van der Waals surface area contributed by atoms with E-state index in [1.54, 1.807) is 41.5 Å². The van der Waals surface area contributed by atoms with Gasteiger partial charge in [-0.1, -0.05) is 54.1 Å². The lowest BCUT2D eigenvalue weighted by atomic mass is 9.90. The standard InChI is InChI=1S/C23H16ClFN2O3/c24-17-8-4-5-9-18(17)26-22(28)19-20(14-10-12-15(25)13-11-14)27(30-21(19)23(26)29)16-6-2-1-3-7-16/h1-13,19-21H/t19-,20+,21-/m1/s1. The Kier molecular flexibility index (Phi) is 4.53. The Morgan fingerprint density at radius 2 is 1.50 bits per heavy atom. The number of benzene rings is 3. The molecule has 0 aliphatic carbocycles. The van der Waals surface area contributed by atoms with Crippen LogP contribution in [0.1, 0.15) is 11.6 Å². The zero-order valence-corrected chi connectivity index (χ0v) is 16.4. The van der Waals surface area contributed by atoms with Gasteiger partial charge in [-0.15, -0.1) is 0 Å². The maximum Gasteiger partial charge on any atom is 0.266 e. The van der Waals surface area contributed by atoms with Crippen molar-refractivity contribution in [3.63, 3.8) is 0 Å². The van der Waals surface area contributed by atoms with E-state index in [-0.39, 0.29) is 5.82 Å². The van der Waals surface area contributed by atoms with E-state index < -0.39 is 29.9 Å². The lowest BCUT2D eigenvalue weighted by molar-refractivity contribution is -0.126. The molecule has 150 valence electrons. The molecule has 0 spiro atoms. The maximum absolute atomic E-state index is 13.5. The molecule has 30 heavy (non-hydrogen) atoms. The smallest absolute Gasteiger partial charge is 0.266 e. The van der Waals surface area contributed by atoms with Crippen LogP contribution in [0.25, 0.3) is 0 Å². The Labute approximate surface area is 177 Å². The second kappa shape index (κ2) is 7.23. The number of hydrogen-bond donors (Lipinski definition) is 0. The van der Waals surface area contributed by atoms with Crippen LogP contribution in [0.2, 0.25) is 5.02 Å². The first kappa shape index (κ1) is 18.8. The highest BCUT2D eigenvalue weighted by Gasteiger charge is 2.60. The molecule has 2 saturated heterocycles. The Morgan fingerprint density at radius 3 is 2.20 bits per heavy atom. The van der Waals surface area contributed by atoms with Crippen LogP contribution in [0.4, 0.5) is 15.8 Å². The van der Waals surface area contributed by atoms with E-state index in [2.05, 4.69) is 0 Å². The zero-order chi connectivity index (χ0) is 20.8. The van der Waals surface area contributed by atoms with E-state index in [9.17, 15) is 14.0 Å². The van der Waals surface area contributed by atoms with Crippen LogP contribution in [0.15, 0.2) is 78.9 Å². The summed E-state index contributed by atoms with van der Waals surface area (Å²) in [7, 11) is 0. The van der Waals surface area contributed by atoms with Crippen LogP contribution < -0.4 is 9.96 Å². The van der Waals surface area contributed by atoms with Gasteiger partial charge in [0.05, 0.1) is 22.4 Å². The third-order valence-corrected chi connectivity index (χ3v) is 5.75. The monoisotopic (exact) mass is 422 g/mol. The first-order valence-electron chi connectivity index (χ1n) is 9.45. The first-order valence-corrected chi connectivity index (χ1v) is 9.83. The van der Waals surface area contributed by atoms with Gasteiger partial charge < -0.3 is 0 Å². The van der Waals surface area contributed by atoms with Crippen molar-refractivity contribution < 1.29 is 18.8 Å².